The third kappa shape index (κ3) is 4.60. The maximum Gasteiger partial charge on any atom is 0.0640 e. The Bertz CT molecular complexity index is 3360. The number of thiophene rings is 1. The Morgan fingerprint density at radius 1 is 0.455 bits per heavy atom. The molecular formula is C52H34N2S. The van der Waals surface area contributed by atoms with Crippen molar-refractivity contribution in [2.45, 2.75) is 12.3 Å². The van der Waals surface area contributed by atoms with Crippen LogP contribution in [-0.2, 0) is 6.42 Å². The monoisotopic (exact) mass is 718 g/mol. The highest BCUT2D eigenvalue weighted by Crippen LogP contribution is 2.44. The van der Waals surface area contributed by atoms with Crippen molar-refractivity contribution in [2.75, 3.05) is 0 Å². The molecule has 0 saturated heterocycles. The highest BCUT2D eigenvalue weighted by molar-refractivity contribution is 7.26. The summed E-state index contributed by atoms with van der Waals surface area (Å²) < 4.78 is 7.67. The lowest BCUT2D eigenvalue weighted by molar-refractivity contribution is 0.827. The largest absolute Gasteiger partial charge is 0.309 e. The molecule has 1 aliphatic rings. The SMILES string of the molecule is C1=CC(c2ccc3c(c2)c2ccccc2n3-c2cc(-c3ccccc3)cc3ccccc23)Cc2c1n(-c1cccc3c1sc1ccccc13)c1ccccc21. The molecule has 3 aromatic heterocycles. The molecule has 0 fully saturated rings. The molecule has 8 aromatic carbocycles. The van der Waals surface area contributed by atoms with Gasteiger partial charge >= 0.3 is 0 Å². The van der Waals surface area contributed by atoms with Crippen molar-refractivity contribution >= 4 is 81.1 Å². The van der Waals surface area contributed by atoms with Crippen LogP contribution in [0.15, 0.2) is 182 Å². The minimum absolute atomic E-state index is 0.264. The second-order valence-corrected chi connectivity index (χ2v) is 15.9. The van der Waals surface area contributed by atoms with Gasteiger partial charge in [-0.3, -0.25) is 0 Å². The van der Waals surface area contributed by atoms with Crippen molar-refractivity contribution in [1.82, 2.24) is 9.13 Å². The van der Waals surface area contributed by atoms with Gasteiger partial charge in [0.25, 0.3) is 0 Å². The lowest BCUT2D eigenvalue weighted by Gasteiger charge is -2.20. The van der Waals surface area contributed by atoms with Crippen molar-refractivity contribution < 1.29 is 0 Å². The van der Waals surface area contributed by atoms with Crippen LogP contribution in [0.5, 0.6) is 0 Å². The van der Waals surface area contributed by atoms with Gasteiger partial charge in [0.1, 0.15) is 0 Å². The minimum Gasteiger partial charge on any atom is -0.309 e. The number of rotatable bonds is 4. The zero-order valence-corrected chi connectivity index (χ0v) is 30.8. The van der Waals surface area contributed by atoms with E-state index in [0.717, 1.165) is 6.42 Å². The minimum atomic E-state index is 0.264. The zero-order valence-electron chi connectivity index (χ0n) is 30.0. The van der Waals surface area contributed by atoms with Crippen LogP contribution in [0.4, 0.5) is 0 Å². The predicted octanol–water partition coefficient (Wildman–Crippen LogP) is 14.3. The molecule has 0 saturated carbocycles. The average Bonchev–Trinajstić information content (AvgIpc) is 3.91. The summed E-state index contributed by atoms with van der Waals surface area (Å²) in [7, 11) is 0. The van der Waals surface area contributed by atoms with Gasteiger partial charge in [0, 0.05) is 48.6 Å². The summed E-state index contributed by atoms with van der Waals surface area (Å²) >= 11 is 1.90. The van der Waals surface area contributed by atoms with Crippen LogP contribution in [0.2, 0.25) is 0 Å². The summed E-state index contributed by atoms with van der Waals surface area (Å²) in [5.74, 6) is 0.264. The van der Waals surface area contributed by atoms with E-state index in [1.54, 1.807) is 0 Å². The molecule has 0 radical (unpaired) electrons. The molecular weight excluding hydrogens is 685 g/mol. The molecule has 0 aliphatic heterocycles. The number of aromatic nitrogens is 2. The van der Waals surface area contributed by atoms with Crippen LogP contribution in [0.1, 0.15) is 22.7 Å². The van der Waals surface area contributed by atoms with Gasteiger partial charge in [-0.1, -0.05) is 133 Å². The van der Waals surface area contributed by atoms with Crippen LogP contribution >= 0.6 is 11.3 Å². The molecule has 55 heavy (non-hydrogen) atoms. The Morgan fingerprint density at radius 3 is 2.02 bits per heavy atom. The summed E-state index contributed by atoms with van der Waals surface area (Å²) in [6, 6.07) is 64.9. The summed E-state index contributed by atoms with van der Waals surface area (Å²) in [5.41, 5.74) is 12.7. The number of allylic oxidation sites excluding steroid dienone is 1. The first kappa shape index (κ1) is 30.7. The third-order valence-electron chi connectivity index (χ3n) is 11.9. The number of benzene rings is 8. The maximum absolute atomic E-state index is 2.51. The number of nitrogens with zero attached hydrogens (tertiary/aromatic N) is 2. The van der Waals surface area contributed by atoms with Gasteiger partial charge in [-0.25, -0.2) is 0 Å². The number of hydrogen-bond donors (Lipinski definition) is 0. The molecule has 11 aromatic rings. The highest BCUT2D eigenvalue weighted by atomic mass is 32.1. The van der Waals surface area contributed by atoms with Gasteiger partial charge in [0.15, 0.2) is 0 Å². The van der Waals surface area contributed by atoms with Crippen molar-refractivity contribution in [2.24, 2.45) is 0 Å². The van der Waals surface area contributed by atoms with E-state index in [-0.39, 0.29) is 5.92 Å². The fourth-order valence-corrected chi connectivity index (χ4v) is 10.6. The first-order chi connectivity index (χ1) is 27.3. The van der Waals surface area contributed by atoms with Gasteiger partial charge in [-0.15, -0.1) is 11.3 Å². The summed E-state index contributed by atoms with van der Waals surface area (Å²) in [6.07, 6.45) is 5.79. The van der Waals surface area contributed by atoms with Crippen LogP contribution in [0, 0.1) is 0 Å². The van der Waals surface area contributed by atoms with Crippen LogP contribution in [0.3, 0.4) is 0 Å². The Morgan fingerprint density at radius 2 is 1.15 bits per heavy atom. The average molecular weight is 719 g/mol. The van der Waals surface area contributed by atoms with Gasteiger partial charge in [0.05, 0.1) is 32.6 Å². The number of para-hydroxylation sites is 2. The Kier molecular flexibility index (Phi) is 6.66. The van der Waals surface area contributed by atoms with Crippen molar-refractivity contribution in [3.05, 3.63) is 199 Å². The van der Waals surface area contributed by atoms with E-state index in [1.807, 2.05) is 11.3 Å². The van der Waals surface area contributed by atoms with Gasteiger partial charge < -0.3 is 9.13 Å². The molecule has 0 spiro atoms. The Hall–Kier alpha value is -6.68. The van der Waals surface area contributed by atoms with E-state index in [9.17, 15) is 0 Å². The van der Waals surface area contributed by atoms with E-state index in [1.165, 1.54) is 103 Å². The number of fused-ring (bicyclic) bond motifs is 10. The fraction of sp³-hybridized carbons (Fsp3) is 0.0385. The molecule has 3 heterocycles. The highest BCUT2D eigenvalue weighted by Gasteiger charge is 2.26. The molecule has 1 aliphatic carbocycles. The molecule has 0 bridgehead atoms. The van der Waals surface area contributed by atoms with Gasteiger partial charge in [-0.05, 0) is 88.7 Å². The van der Waals surface area contributed by atoms with Crippen LogP contribution < -0.4 is 0 Å². The maximum atomic E-state index is 2.51. The molecule has 0 amide bonds. The Labute approximate surface area is 322 Å². The van der Waals surface area contributed by atoms with E-state index >= 15 is 0 Å². The molecule has 258 valence electrons. The third-order valence-corrected chi connectivity index (χ3v) is 13.1. The van der Waals surface area contributed by atoms with Gasteiger partial charge in [0.2, 0.25) is 0 Å². The predicted molar refractivity (Wildman–Crippen MR) is 235 cm³/mol. The quantitative estimate of drug-likeness (QED) is 0.171. The smallest absolute Gasteiger partial charge is 0.0640 e. The van der Waals surface area contributed by atoms with E-state index < -0.39 is 0 Å². The summed E-state index contributed by atoms with van der Waals surface area (Å²) in [4.78, 5) is 0. The molecule has 2 nitrogen and oxygen atoms in total. The summed E-state index contributed by atoms with van der Waals surface area (Å²) in [6.45, 7) is 0. The lowest BCUT2D eigenvalue weighted by atomic mass is 9.86. The van der Waals surface area contributed by atoms with E-state index in [0.29, 0.717) is 0 Å². The van der Waals surface area contributed by atoms with Crippen LogP contribution in [0.25, 0.3) is 92.2 Å². The molecule has 12 rings (SSSR count). The first-order valence-corrected chi connectivity index (χ1v) is 19.9. The number of hydrogen-bond acceptors (Lipinski definition) is 1. The second kappa shape index (κ2) is 11.9. The van der Waals surface area contributed by atoms with E-state index in [2.05, 4.69) is 197 Å². The van der Waals surface area contributed by atoms with Crippen molar-refractivity contribution in [3.8, 4) is 22.5 Å². The van der Waals surface area contributed by atoms with Crippen molar-refractivity contribution in [3.63, 3.8) is 0 Å². The van der Waals surface area contributed by atoms with Gasteiger partial charge in [-0.2, -0.15) is 0 Å². The zero-order chi connectivity index (χ0) is 36.0. The normalized spacial score (nSPS) is 14.2. The molecule has 1 atom stereocenters. The summed E-state index contributed by atoms with van der Waals surface area (Å²) in [5, 5.41) is 9.07. The fourth-order valence-electron chi connectivity index (χ4n) is 9.36. The topological polar surface area (TPSA) is 9.86 Å². The first-order valence-electron chi connectivity index (χ1n) is 19.1. The second-order valence-electron chi connectivity index (χ2n) is 14.8. The Balaban J connectivity index is 1.01. The molecule has 1 unspecified atom stereocenters. The van der Waals surface area contributed by atoms with Crippen molar-refractivity contribution in [1.29, 1.82) is 0 Å². The lowest BCUT2D eigenvalue weighted by Crippen LogP contribution is -2.07. The molecule has 0 N–H and O–H groups in total. The molecule has 3 heteroatoms. The van der Waals surface area contributed by atoms with E-state index in [4.69, 9.17) is 0 Å². The standard InChI is InChI=1S/C52H34N2S/c1-2-13-33(14-3-1)37-29-36-15-4-5-16-38(36)50(32-37)54-46-22-10-7-18-40(46)44-31-35(26-28-48(44)54)34-25-27-47-43(30-34)39-17-6-9-21-45(39)53(47)49-23-12-20-42-41-19-8-11-24-51(41)55-52(42)49/h1-29,31-32,34H,30H2. The van der Waals surface area contributed by atoms with Crippen LogP contribution in [-0.4, -0.2) is 9.13 Å².